The van der Waals surface area contributed by atoms with E-state index in [0.717, 1.165) is 0 Å². The third-order valence-electron chi connectivity index (χ3n) is 4.40. The monoisotopic (exact) mass is 383 g/mol. The summed E-state index contributed by atoms with van der Waals surface area (Å²) in [6, 6.07) is 16.0. The van der Waals surface area contributed by atoms with Crippen LogP contribution in [0.4, 0.5) is 5.69 Å². The molecule has 0 fully saturated rings. The van der Waals surface area contributed by atoms with E-state index in [4.69, 9.17) is 4.74 Å². The first-order valence-electron chi connectivity index (χ1n) is 8.34. The molecular weight excluding hydrogens is 366 g/mol. The van der Waals surface area contributed by atoms with E-state index >= 15 is 0 Å². The first kappa shape index (κ1) is 17.3. The lowest BCUT2D eigenvalue weighted by Gasteiger charge is -2.09. The fourth-order valence-electron chi connectivity index (χ4n) is 3.07. The van der Waals surface area contributed by atoms with Gasteiger partial charge >= 0.3 is 0 Å². The smallest absolute Gasteiger partial charge is 0.274 e. The van der Waals surface area contributed by atoms with Gasteiger partial charge in [0.2, 0.25) is 15.0 Å². The molecule has 138 valence electrons. The van der Waals surface area contributed by atoms with Crippen LogP contribution in [0.15, 0.2) is 59.8 Å². The van der Waals surface area contributed by atoms with Gasteiger partial charge < -0.3 is 14.6 Å². The summed E-state index contributed by atoms with van der Waals surface area (Å²) in [5, 5.41) is 2.76. The van der Waals surface area contributed by atoms with Crippen LogP contribution in [0.5, 0.6) is 5.75 Å². The van der Waals surface area contributed by atoms with Crippen LogP contribution in [0.25, 0.3) is 11.3 Å². The topological polar surface area (TPSA) is 90.3 Å². The molecule has 2 heterocycles. The molecule has 0 saturated heterocycles. The average Bonchev–Trinajstić information content (AvgIpc) is 3.21. The van der Waals surface area contributed by atoms with Gasteiger partial charge in [-0.25, -0.2) is 13.4 Å². The average molecular weight is 383 g/mol. The van der Waals surface area contributed by atoms with Gasteiger partial charge in [0.25, 0.3) is 5.91 Å². The van der Waals surface area contributed by atoms with E-state index in [2.05, 4.69) is 10.3 Å². The standard InChI is InChI=1S/C19H17N3O4S/c1-26-15-9-7-14(8-10-15)20-18(23)17-16(13-5-3-2-4-6-13)21-19-22(17)11-12-27(19,24)25/h2-10H,11-12H2,1H3,(H,20,23). The minimum atomic E-state index is -3.48. The fraction of sp³-hybridized carbons (Fsp3) is 0.158. The summed E-state index contributed by atoms with van der Waals surface area (Å²) in [5.74, 6) is 0.219. The Balaban J connectivity index is 1.77. The second-order valence-electron chi connectivity index (χ2n) is 6.11. The Bertz CT molecular complexity index is 1100. The summed E-state index contributed by atoms with van der Waals surface area (Å²) in [6.45, 7) is 0.211. The van der Waals surface area contributed by atoms with Crippen LogP contribution in [0.3, 0.4) is 0 Å². The molecule has 0 unspecified atom stereocenters. The predicted molar refractivity (Wildman–Crippen MR) is 101 cm³/mol. The summed E-state index contributed by atoms with van der Waals surface area (Å²) in [6.07, 6.45) is 0. The van der Waals surface area contributed by atoms with Crippen molar-refractivity contribution in [1.29, 1.82) is 0 Å². The number of sulfone groups is 1. The zero-order chi connectivity index (χ0) is 19.0. The number of imidazole rings is 1. The summed E-state index contributed by atoms with van der Waals surface area (Å²) >= 11 is 0. The molecule has 2 aromatic carbocycles. The number of hydrogen-bond acceptors (Lipinski definition) is 5. The summed E-state index contributed by atoms with van der Waals surface area (Å²) < 4.78 is 31.1. The van der Waals surface area contributed by atoms with Gasteiger partial charge in [0.05, 0.1) is 12.9 Å². The zero-order valence-corrected chi connectivity index (χ0v) is 15.4. The lowest BCUT2D eigenvalue weighted by molar-refractivity contribution is 0.101. The Morgan fingerprint density at radius 2 is 1.81 bits per heavy atom. The number of anilines is 1. The number of rotatable bonds is 4. The van der Waals surface area contributed by atoms with Crippen LogP contribution in [0.2, 0.25) is 0 Å². The van der Waals surface area contributed by atoms with Crippen LogP contribution in [0.1, 0.15) is 10.5 Å². The molecule has 0 saturated carbocycles. The van der Waals surface area contributed by atoms with Crippen LogP contribution < -0.4 is 10.1 Å². The van der Waals surface area contributed by atoms with Crippen molar-refractivity contribution >= 4 is 21.4 Å². The van der Waals surface area contributed by atoms with Crippen LogP contribution in [-0.2, 0) is 16.4 Å². The third kappa shape index (κ3) is 3.08. The van der Waals surface area contributed by atoms with E-state index in [1.807, 2.05) is 18.2 Å². The number of nitrogens with one attached hydrogen (secondary N) is 1. The van der Waals surface area contributed by atoms with Crippen molar-refractivity contribution in [3.05, 3.63) is 60.3 Å². The minimum absolute atomic E-state index is 0.0484. The summed E-state index contributed by atoms with van der Waals surface area (Å²) in [4.78, 5) is 17.3. The van der Waals surface area contributed by atoms with Crippen molar-refractivity contribution in [3.63, 3.8) is 0 Å². The highest BCUT2D eigenvalue weighted by atomic mass is 32.2. The SMILES string of the molecule is COc1ccc(NC(=O)c2c(-c3ccccc3)nc3n2CCS3(=O)=O)cc1. The molecule has 7 nitrogen and oxygen atoms in total. The van der Waals surface area contributed by atoms with Gasteiger partial charge in [-0.3, -0.25) is 4.79 Å². The lowest BCUT2D eigenvalue weighted by Crippen LogP contribution is -2.17. The van der Waals surface area contributed by atoms with Gasteiger partial charge in [-0.05, 0) is 24.3 Å². The lowest BCUT2D eigenvalue weighted by atomic mass is 10.1. The number of nitrogens with zero attached hydrogens (tertiary/aromatic N) is 2. The van der Waals surface area contributed by atoms with E-state index in [9.17, 15) is 13.2 Å². The molecule has 4 rings (SSSR count). The number of fused-ring (bicyclic) bond motifs is 1. The van der Waals surface area contributed by atoms with Crippen LogP contribution >= 0.6 is 0 Å². The van der Waals surface area contributed by atoms with Crippen molar-refractivity contribution < 1.29 is 17.9 Å². The summed E-state index contributed by atoms with van der Waals surface area (Å²) in [7, 11) is -1.91. The molecule has 1 amide bonds. The Morgan fingerprint density at radius 3 is 2.48 bits per heavy atom. The van der Waals surface area contributed by atoms with Crippen molar-refractivity contribution in [2.75, 3.05) is 18.2 Å². The molecule has 27 heavy (non-hydrogen) atoms. The molecule has 1 aliphatic heterocycles. The molecule has 0 spiro atoms. The molecule has 0 atom stereocenters. The number of carbonyl (C=O) groups is 1. The van der Waals surface area contributed by atoms with E-state index in [1.54, 1.807) is 43.5 Å². The van der Waals surface area contributed by atoms with Crippen molar-refractivity contribution in [2.24, 2.45) is 0 Å². The highest BCUT2D eigenvalue weighted by molar-refractivity contribution is 7.91. The molecule has 8 heteroatoms. The van der Waals surface area contributed by atoms with Crippen LogP contribution in [-0.4, -0.2) is 36.7 Å². The normalized spacial score (nSPS) is 14.6. The molecule has 1 N–H and O–H groups in total. The number of amides is 1. The number of hydrogen-bond donors (Lipinski definition) is 1. The van der Waals surface area contributed by atoms with Crippen molar-refractivity contribution in [3.8, 4) is 17.0 Å². The molecule has 1 aromatic heterocycles. The summed E-state index contributed by atoms with van der Waals surface area (Å²) in [5.41, 5.74) is 1.87. The molecule has 3 aromatic rings. The van der Waals surface area contributed by atoms with E-state index in [0.29, 0.717) is 22.7 Å². The maximum atomic E-state index is 13.0. The Morgan fingerprint density at radius 1 is 1.11 bits per heavy atom. The molecular formula is C19H17N3O4S. The number of carbonyl (C=O) groups excluding carboxylic acids is 1. The first-order chi connectivity index (χ1) is 13.0. The Labute approximate surface area is 156 Å². The second-order valence-corrected chi connectivity index (χ2v) is 8.11. The molecule has 0 radical (unpaired) electrons. The minimum Gasteiger partial charge on any atom is -0.497 e. The van der Waals surface area contributed by atoms with Gasteiger partial charge in [0.1, 0.15) is 17.1 Å². The maximum absolute atomic E-state index is 13.0. The van der Waals surface area contributed by atoms with E-state index in [-0.39, 0.29) is 23.1 Å². The number of aromatic nitrogens is 2. The van der Waals surface area contributed by atoms with E-state index < -0.39 is 15.7 Å². The molecule has 1 aliphatic rings. The quantitative estimate of drug-likeness (QED) is 0.748. The number of ether oxygens (including phenoxy) is 1. The maximum Gasteiger partial charge on any atom is 0.274 e. The van der Waals surface area contributed by atoms with Gasteiger partial charge in [-0.15, -0.1) is 0 Å². The van der Waals surface area contributed by atoms with Crippen molar-refractivity contribution in [1.82, 2.24) is 9.55 Å². The zero-order valence-electron chi connectivity index (χ0n) is 14.5. The molecule has 0 bridgehead atoms. The van der Waals surface area contributed by atoms with E-state index in [1.165, 1.54) is 4.57 Å². The van der Waals surface area contributed by atoms with Gasteiger partial charge in [0.15, 0.2) is 0 Å². The molecule has 0 aliphatic carbocycles. The van der Waals surface area contributed by atoms with Gasteiger partial charge in [-0.1, -0.05) is 30.3 Å². The Hall–Kier alpha value is -3.13. The van der Waals surface area contributed by atoms with Crippen molar-refractivity contribution in [2.45, 2.75) is 11.7 Å². The first-order valence-corrected chi connectivity index (χ1v) is 9.99. The van der Waals surface area contributed by atoms with Gasteiger partial charge in [0, 0.05) is 17.8 Å². The highest BCUT2D eigenvalue weighted by Gasteiger charge is 2.35. The second kappa shape index (κ2) is 6.55. The van der Waals surface area contributed by atoms with Crippen LogP contribution in [0, 0.1) is 0 Å². The fourth-order valence-corrected chi connectivity index (χ4v) is 4.43. The van der Waals surface area contributed by atoms with Gasteiger partial charge in [-0.2, -0.15) is 0 Å². The highest BCUT2D eigenvalue weighted by Crippen LogP contribution is 2.30. The predicted octanol–water partition coefficient (Wildman–Crippen LogP) is 2.60. The Kier molecular flexibility index (Phi) is 4.19. The number of methoxy groups -OCH3 is 1. The number of benzene rings is 2. The largest absolute Gasteiger partial charge is 0.497 e. The third-order valence-corrected chi connectivity index (χ3v) is 5.99.